The van der Waals surface area contributed by atoms with E-state index < -0.39 is 0 Å². The summed E-state index contributed by atoms with van der Waals surface area (Å²) in [7, 11) is 0. The number of carbonyl (C=O) groups excluding carboxylic acids is 1. The van der Waals surface area contributed by atoms with Gasteiger partial charge in [-0.05, 0) is 38.7 Å². The lowest BCUT2D eigenvalue weighted by atomic mass is 10.1. The third-order valence-corrected chi connectivity index (χ3v) is 6.86. The summed E-state index contributed by atoms with van der Waals surface area (Å²) >= 11 is 3.24. The standard InChI is InChI=1S/C19H28N4OS2/c1-12(2)16-9-14(10-25-16)18-21-22-19(23(18)13(3)4)26-11-17(24)20-15-7-5-6-8-15/h9-10,12-13,15H,5-8,11H2,1-4H3,(H,20,24). The normalized spacial score (nSPS) is 15.3. The van der Waals surface area contributed by atoms with E-state index >= 15 is 0 Å². The largest absolute Gasteiger partial charge is 0.353 e. The number of nitrogens with zero attached hydrogens (tertiary/aromatic N) is 3. The van der Waals surface area contributed by atoms with Crippen LogP contribution in [0.3, 0.4) is 0 Å². The topological polar surface area (TPSA) is 59.8 Å². The molecule has 1 aliphatic carbocycles. The van der Waals surface area contributed by atoms with Crippen molar-refractivity contribution < 1.29 is 4.79 Å². The molecule has 3 rings (SSSR count). The first-order valence-corrected chi connectivity index (χ1v) is 11.3. The molecule has 0 radical (unpaired) electrons. The summed E-state index contributed by atoms with van der Waals surface area (Å²) in [4.78, 5) is 13.6. The molecule has 26 heavy (non-hydrogen) atoms. The number of thioether (sulfide) groups is 1. The molecular weight excluding hydrogens is 364 g/mol. The Morgan fingerprint density at radius 1 is 1.31 bits per heavy atom. The number of aromatic nitrogens is 3. The van der Waals surface area contributed by atoms with Crippen molar-refractivity contribution in [1.82, 2.24) is 20.1 Å². The van der Waals surface area contributed by atoms with E-state index in [2.05, 4.69) is 59.2 Å². The lowest BCUT2D eigenvalue weighted by Gasteiger charge is -2.14. The van der Waals surface area contributed by atoms with Gasteiger partial charge in [-0.3, -0.25) is 9.36 Å². The minimum Gasteiger partial charge on any atom is -0.353 e. The van der Waals surface area contributed by atoms with Crippen LogP contribution in [0.25, 0.3) is 11.4 Å². The second-order valence-corrected chi connectivity index (χ2v) is 9.39. The number of rotatable bonds is 7. The van der Waals surface area contributed by atoms with Gasteiger partial charge in [-0.2, -0.15) is 0 Å². The molecule has 1 saturated carbocycles. The first kappa shape index (κ1) is 19.4. The van der Waals surface area contributed by atoms with E-state index in [-0.39, 0.29) is 11.9 Å². The van der Waals surface area contributed by atoms with Gasteiger partial charge in [0.15, 0.2) is 11.0 Å². The average Bonchev–Trinajstić information content (AvgIpc) is 3.32. The van der Waals surface area contributed by atoms with Crippen molar-refractivity contribution in [3.8, 4) is 11.4 Å². The predicted molar refractivity (Wildman–Crippen MR) is 109 cm³/mol. The summed E-state index contributed by atoms with van der Waals surface area (Å²) in [5.74, 6) is 1.89. The van der Waals surface area contributed by atoms with Crippen LogP contribution >= 0.6 is 23.1 Å². The summed E-state index contributed by atoms with van der Waals surface area (Å²) < 4.78 is 2.14. The molecule has 2 aromatic heterocycles. The Morgan fingerprint density at radius 3 is 2.65 bits per heavy atom. The molecule has 1 N–H and O–H groups in total. The highest BCUT2D eigenvalue weighted by Gasteiger charge is 2.21. The first-order chi connectivity index (χ1) is 12.5. The van der Waals surface area contributed by atoms with E-state index in [9.17, 15) is 4.79 Å². The minimum atomic E-state index is 0.0967. The number of carbonyl (C=O) groups is 1. The molecule has 1 fully saturated rings. The highest BCUT2D eigenvalue weighted by Crippen LogP contribution is 2.32. The molecule has 0 spiro atoms. The van der Waals surface area contributed by atoms with Crippen molar-refractivity contribution in [3.05, 3.63) is 16.3 Å². The van der Waals surface area contributed by atoms with E-state index in [4.69, 9.17) is 0 Å². The Bertz CT molecular complexity index is 745. The van der Waals surface area contributed by atoms with Gasteiger partial charge in [-0.15, -0.1) is 21.5 Å². The van der Waals surface area contributed by atoms with Crippen LogP contribution < -0.4 is 5.32 Å². The molecule has 1 amide bonds. The summed E-state index contributed by atoms with van der Waals surface area (Å²) in [6.07, 6.45) is 4.67. The molecule has 5 nitrogen and oxygen atoms in total. The molecule has 0 bridgehead atoms. The fourth-order valence-corrected chi connectivity index (χ4v) is 5.06. The molecule has 0 aliphatic heterocycles. The van der Waals surface area contributed by atoms with Gasteiger partial charge in [0.25, 0.3) is 0 Å². The van der Waals surface area contributed by atoms with Gasteiger partial charge < -0.3 is 5.32 Å². The molecule has 0 atom stereocenters. The third-order valence-electron chi connectivity index (χ3n) is 4.68. The quantitative estimate of drug-likeness (QED) is 0.684. The number of hydrogen-bond acceptors (Lipinski definition) is 5. The highest BCUT2D eigenvalue weighted by atomic mass is 32.2. The molecule has 0 unspecified atom stereocenters. The summed E-state index contributed by atoms with van der Waals surface area (Å²) in [6.45, 7) is 8.66. The molecule has 142 valence electrons. The average molecular weight is 393 g/mol. The van der Waals surface area contributed by atoms with Gasteiger partial charge in [-0.25, -0.2) is 0 Å². The molecule has 0 saturated heterocycles. The van der Waals surface area contributed by atoms with Gasteiger partial charge >= 0.3 is 0 Å². The van der Waals surface area contributed by atoms with Crippen LogP contribution in [0.2, 0.25) is 0 Å². The summed E-state index contributed by atoms with van der Waals surface area (Å²) in [5.41, 5.74) is 1.11. The van der Waals surface area contributed by atoms with Crippen LogP contribution in [0.1, 0.15) is 70.2 Å². The maximum Gasteiger partial charge on any atom is 0.230 e. The van der Waals surface area contributed by atoms with Crippen LogP contribution in [-0.2, 0) is 4.79 Å². The van der Waals surface area contributed by atoms with E-state index in [1.54, 1.807) is 11.3 Å². The van der Waals surface area contributed by atoms with Crippen LogP contribution in [0, 0.1) is 0 Å². The van der Waals surface area contributed by atoms with Crippen LogP contribution in [0.4, 0.5) is 0 Å². The zero-order valence-electron chi connectivity index (χ0n) is 16.0. The van der Waals surface area contributed by atoms with E-state index in [1.807, 2.05) is 0 Å². The molecule has 0 aromatic carbocycles. The first-order valence-electron chi connectivity index (χ1n) is 9.41. The Balaban J connectivity index is 1.71. The van der Waals surface area contributed by atoms with Gasteiger partial charge in [0, 0.05) is 27.9 Å². The van der Waals surface area contributed by atoms with Gasteiger partial charge in [-0.1, -0.05) is 38.5 Å². The van der Waals surface area contributed by atoms with E-state index in [0.29, 0.717) is 17.7 Å². The Hall–Kier alpha value is -1.34. The second kappa shape index (κ2) is 8.57. The van der Waals surface area contributed by atoms with Crippen molar-refractivity contribution in [1.29, 1.82) is 0 Å². The maximum absolute atomic E-state index is 12.2. The fourth-order valence-electron chi connectivity index (χ4n) is 3.28. The molecule has 2 aromatic rings. The SMILES string of the molecule is CC(C)c1cc(-c2nnc(SCC(=O)NC3CCCC3)n2C(C)C)cs1. The number of hydrogen-bond donors (Lipinski definition) is 1. The zero-order valence-corrected chi connectivity index (χ0v) is 17.6. The van der Waals surface area contributed by atoms with Gasteiger partial charge in [0.1, 0.15) is 0 Å². The third kappa shape index (κ3) is 4.49. The van der Waals surface area contributed by atoms with Crippen molar-refractivity contribution in [2.24, 2.45) is 0 Å². The van der Waals surface area contributed by atoms with Gasteiger partial charge in [0.2, 0.25) is 5.91 Å². The van der Waals surface area contributed by atoms with E-state index in [1.165, 1.54) is 29.5 Å². The Labute approximate surface area is 164 Å². The van der Waals surface area contributed by atoms with Crippen molar-refractivity contribution in [2.75, 3.05) is 5.75 Å². The summed E-state index contributed by atoms with van der Waals surface area (Å²) in [5, 5.41) is 14.9. The van der Waals surface area contributed by atoms with Crippen LogP contribution in [0.5, 0.6) is 0 Å². The fraction of sp³-hybridized carbons (Fsp3) is 0.632. The minimum absolute atomic E-state index is 0.0967. The molecule has 1 aliphatic rings. The second-order valence-electron chi connectivity index (χ2n) is 7.50. The predicted octanol–water partition coefficient (Wildman–Crippen LogP) is 4.86. The zero-order chi connectivity index (χ0) is 18.7. The monoisotopic (exact) mass is 392 g/mol. The summed E-state index contributed by atoms with van der Waals surface area (Å²) in [6, 6.07) is 2.81. The highest BCUT2D eigenvalue weighted by molar-refractivity contribution is 7.99. The maximum atomic E-state index is 12.2. The van der Waals surface area contributed by atoms with Crippen molar-refractivity contribution >= 4 is 29.0 Å². The molecule has 7 heteroatoms. The lowest BCUT2D eigenvalue weighted by molar-refractivity contribution is -0.119. The Morgan fingerprint density at radius 2 is 2.04 bits per heavy atom. The van der Waals surface area contributed by atoms with E-state index in [0.717, 1.165) is 29.4 Å². The van der Waals surface area contributed by atoms with Crippen molar-refractivity contribution in [3.63, 3.8) is 0 Å². The lowest BCUT2D eigenvalue weighted by Crippen LogP contribution is -2.33. The molecule has 2 heterocycles. The van der Waals surface area contributed by atoms with Gasteiger partial charge in [0.05, 0.1) is 5.75 Å². The van der Waals surface area contributed by atoms with Crippen LogP contribution in [0.15, 0.2) is 16.6 Å². The smallest absolute Gasteiger partial charge is 0.230 e. The van der Waals surface area contributed by atoms with Crippen molar-refractivity contribution in [2.45, 2.75) is 76.5 Å². The molecular formula is C19H28N4OS2. The Kier molecular flexibility index (Phi) is 6.40. The van der Waals surface area contributed by atoms with Crippen LogP contribution in [-0.4, -0.2) is 32.5 Å². The number of amides is 1. The number of thiophene rings is 1. The number of nitrogens with one attached hydrogen (secondary N) is 1.